The lowest BCUT2D eigenvalue weighted by Gasteiger charge is -2.26. The molecule has 100 valence electrons. The lowest BCUT2D eigenvalue weighted by atomic mass is 10.0. The van der Waals surface area contributed by atoms with Gasteiger partial charge in [-0.1, -0.05) is 18.6 Å². The van der Waals surface area contributed by atoms with Crippen molar-refractivity contribution in [3.05, 3.63) is 35.6 Å². The van der Waals surface area contributed by atoms with Gasteiger partial charge in [-0.2, -0.15) is 0 Å². The molecule has 1 aromatic carbocycles. The summed E-state index contributed by atoms with van der Waals surface area (Å²) < 4.78 is 13.1. The first kappa shape index (κ1) is 13.5. The van der Waals surface area contributed by atoms with Crippen LogP contribution in [-0.2, 0) is 6.54 Å². The normalized spacial score (nSPS) is 20.3. The van der Waals surface area contributed by atoms with E-state index < -0.39 is 0 Å². The van der Waals surface area contributed by atoms with Crippen LogP contribution in [-0.4, -0.2) is 31.1 Å². The predicted molar refractivity (Wildman–Crippen MR) is 73.0 cm³/mol. The number of hydrogen-bond acceptors (Lipinski definition) is 2. The van der Waals surface area contributed by atoms with Gasteiger partial charge in [-0.3, -0.25) is 0 Å². The maximum Gasteiger partial charge on any atom is 0.123 e. The van der Waals surface area contributed by atoms with Crippen molar-refractivity contribution in [1.82, 2.24) is 10.2 Å². The van der Waals surface area contributed by atoms with Gasteiger partial charge in [-0.05, 0) is 57.1 Å². The summed E-state index contributed by atoms with van der Waals surface area (Å²) in [4.78, 5) is 2.27. The van der Waals surface area contributed by atoms with E-state index in [0.717, 1.165) is 25.2 Å². The molecule has 1 saturated heterocycles. The van der Waals surface area contributed by atoms with Crippen molar-refractivity contribution < 1.29 is 4.39 Å². The largest absolute Gasteiger partial charge is 0.314 e. The van der Waals surface area contributed by atoms with Gasteiger partial charge in [0.25, 0.3) is 0 Å². The molecule has 0 aromatic heterocycles. The minimum Gasteiger partial charge on any atom is -0.314 e. The molecule has 1 aliphatic rings. The minimum atomic E-state index is -0.144. The Bertz CT molecular complexity index is 361. The molecule has 18 heavy (non-hydrogen) atoms. The molecule has 2 rings (SSSR count). The van der Waals surface area contributed by atoms with Gasteiger partial charge in [-0.25, -0.2) is 4.39 Å². The van der Waals surface area contributed by atoms with Crippen molar-refractivity contribution in [2.75, 3.05) is 20.1 Å². The van der Waals surface area contributed by atoms with Gasteiger partial charge in [0.1, 0.15) is 5.82 Å². The summed E-state index contributed by atoms with van der Waals surface area (Å²) in [6, 6.07) is 7.55. The molecule has 0 aliphatic carbocycles. The van der Waals surface area contributed by atoms with Gasteiger partial charge in [0.05, 0.1) is 0 Å². The topological polar surface area (TPSA) is 15.3 Å². The van der Waals surface area contributed by atoms with Gasteiger partial charge in [-0.15, -0.1) is 0 Å². The van der Waals surface area contributed by atoms with Crippen LogP contribution in [0.2, 0.25) is 0 Å². The number of rotatable bonds is 5. The van der Waals surface area contributed by atoms with E-state index in [9.17, 15) is 4.39 Å². The molecule has 1 atom stereocenters. The van der Waals surface area contributed by atoms with E-state index in [4.69, 9.17) is 0 Å². The van der Waals surface area contributed by atoms with Crippen LogP contribution in [0.4, 0.5) is 4.39 Å². The molecule has 0 radical (unpaired) electrons. The van der Waals surface area contributed by atoms with Crippen molar-refractivity contribution in [2.45, 2.75) is 38.3 Å². The molecule has 1 unspecified atom stereocenters. The third-order valence-electron chi connectivity index (χ3n) is 3.61. The quantitative estimate of drug-likeness (QED) is 0.864. The van der Waals surface area contributed by atoms with E-state index in [2.05, 4.69) is 17.3 Å². The average Bonchev–Trinajstić information content (AvgIpc) is 2.38. The summed E-state index contributed by atoms with van der Waals surface area (Å²) in [6.45, 7) is 3.05. The number of nitrogens with zero attached hydrogens (tertiary/aromatic N) is 1. The highest BCUT2D eigenvalue weighted by Gasteiger charge is 2.12. The van der Waals surface area contributed by atoms with Gasteiger partial charge < -0.3 is 10.2 Å². The van der Waals surface area contributed by atoms with Crippen LogP contribution in [0.5, 0.6) is 0 Å². The molecule has 0 bridgehead atoms. The van der Waals surface area contributed by atoms with Crippen LogP contribution < -0.4 is 5.32 Å². The highest BCUT2D eigenvalue weighted by molar-refractivity contribution is 5.15. The van der Waals surface area contributed by atoms with E-state index >= 15 is 0 Å². The Morgan fingerprint density at radius 2 is 2.28 bits per heavy atom. The van der Waals surface area contributed by atoms with Crippen molar-refractivity contribution in [2.24, 2.45) is 0 Å². The van der Waals surface area contributed by atoms with Crippen LogP contribution >= 0.6 is 0 Å². The van der Waals surface area contributed by atoms with Gasteiger partial charge in [0.15, 0.2) is 0 Å². The minimum absolute atomic E-state index is 0.144. The molecule has 0 saturated carbocycles. The van der Waals surface area contributed by atoms with E-state index in [0.29, 0.717) is 6.04 Å². The summed E-state index contributed by atoms with van der Waals surface area (Å²) >= 11 is 0. The zero-order chi connectivity index (χ0) is 12.8. The second kappa shape index (κ2) is 6.86. The highest BCUT2D eigenvalue weighted by Crippen LogP contribution is 2.11. The molecule has 2 nitrogen and oxygen atoms in total. The first-order chi connectivity index (χ1) is 8.74. The van der Waals surface area contributed by atoms with E-state index in [1.54, 1.807) is 12.1 Å². The molecule has 1 aliphatic heterocycles. The summed E-state index contributed by atoms with van der Waals surface area (Å²) in [6.07, 6.45) is 5.15. The van der Waals surface area contributed by atoms with Crippen LogP contribution in [0.25, 0.3) is 0 Å². The maximum absolute atomic E-state index is 13.1. The highest BCUT2D eigenvalue weighted by atomic mass is 19.1. The van der Waals surface area contributed by atoms with Crippen LogP contribution in [0.3, 0.4) is 0 Å². The summed E-state index contributed by atoms with van der Waals surface area (Å²) in [5.74, 6) is -0.144. The van der Waals surface area contributed by atoms with Crippen LogP contribution in [0.1, 0.15) is 31.2 Å². The van der Waals surface area contributed by atoms with Crippen LogP contribution in [0, 0.1) is 5.82 Å². The standard InChI is InChI=1S/C15H23FN2/c1-18(10-8-15-7-2-3-9-17-15)12-13-5-4-6-14(16)11-13/h4-6,11,15,17H,2-3,7-10,12H2,1H3. The van der Waals surface area contributed by atoms with Gasteiger partial charge in [0, 0.05) is 12.6 Å². The number of hydrogen-bond donors (Lipinski definition) is 1. The Kier molecular flexibility index (Phi) is 5.14. The van der Waals surface area contributed by atoms with E-state index in [-0.39, 0.29) is 5.82 Å². The van der Waals surface area contributed by atoms with Crippen molar-refractivity contribution in [3.63, 3.8) is 0 Å². The van der Waals surface area contributed by atoms with E-state index in [1.807, 2.05) is 6.07 Å². The first-order valence-corrected chi connectivity index (χ1v) is 6.90. The summed E-state index contributed by atoms with van der Waals surface area (Å²) in [5.41, 5.74) is 1.05. The third kappa shape index (κ3) is 4.39. The van der Waals surface area contributed by atoms with Gasteiger partial charge in [0.2, 0.25) is 0 Å². The fourth-order valence-corrected chi connectivity index (χ4v) is 2.57. The lowest BCUT2D eigenvalue weighted by molar-refractivity contribution is 0.281. The lowest BCUT2D eigenvalue weighted by Crippen LogP contribution is -2.36. The Labute approximate surface area is 109 Å². The van der Waals surface area contributed by atoms with Crippen molar-refractivity contribution in [3.8, 4) is 0 Å². The Morgan fingerprint density at radius 1 is 1.39 bits per heavy atom. The molecular weight excluding hydrogens is 227 g/mol. The second-order valence-corrected chi connectivity index (χ2v) is 5.30. The molecule has 1 N–H and O–H groups in total. The molecule has 0 amide bonds. The Morgan fingerprint density at radius 3 is 3.00 bits per heavy atom. The van der Waals surface area contributed by atoms with E-state index in [1.165, 1.54) is 31.7 Å². The molecule has 1 fully saturated rings. The molecule has 0 spiro atoms. The molecule has 3 heteroatoms. The number of halogens is 1. The first-order valence-electron chi connectivity index (χ1n) is 6.90. The number of piperidine rings is 1. The zero-order valence-electron chi connectivity index (χ0n) is 11.2. The van der Waals surface area contributed by atoms with Gasteiger partial charge >= 0.3 is 0 Å². The average molecular weight is 250 g/mol. The number of benzene rings is 1. The number of nitrogens with one attached hydrogen (secondary N) is 1. The Balaban J connectivity index is 1.72. The van der Waals surface area contributed by atoms with Crippen molar-refractivity contribution >= 4 is 0 Å². The second-order valence-electron chi connectivity index (χ2n) is 5.30. The maximum atomic E-state index is 13.1. The van der Waals surface area contributed by atoms with Crippen molar-refractivity contribution in [1.29, 1.82) is 0 Å². The summed E-state index contributed by atoms with van der Waals surface area (Å²) in [7, 11) is 2.10. The zero-order valence-corrected chi connectivity index (χ0v) is 11.2. The summed E-state index contributed by atoms with van der Waals surface area (Å²) in [5, 5.41) is 3.56. The smallest absolute Gasteiger partial charge is 0.123 e. The molecule has 1 heterocycles. The third-order valence-corrected chi connectivity index (χ3v) is 3.61. The fraction of sp³-hybridized carbons (Fsp3) is 0.600. The SMILES string of the molecule is CN(CCC1CCCCN1)Cc1cccc(F)c1. The fourth-order valence-electron chi connectivity index (χ4n) is 2.57. The predicted octanol–water partition coefficient (Wildman–Crippen LogP) is 2.79. The molecular formula is C15H23FN2. The monoisotopic (exact) mass is 250 g/mol. The molecule has 1 aromatic rings. The van der Waals surface area contributed by atoms with Crippen LogP contribution in [0.15, 0.2) is 24.3 Å². The Hall–Kier alpha value is -0.930.